The summed E-state index contributed by atoms with van der Waals surface area (Å²) >= 11 is 5.28. The molecule has 1 N–H and O–H groups in total. The van der Waals surface area contributed by atoms with E-state index in [1.807, 2.05) is 17.8 Å². The van der Waals surface area contributed by atoms with Crippen molar-refractivity contribution in [3.05, 3.63) is 63.9 Å². The average Bonchev–Trinajstić information content (AvgIpc) is 2.86. The number of hydrogen-bond acceptors (Lipinski definition) is 2. The Labute approximate surface area is 131 Å². The van der Waals surface area contributed by atoms with Gasteiger partial charge in [-0.25, -0.2) is 4.39 Å². The highest BCUT2D eigenvalue weighted by Gasteiger charge is 2.22. The van der Waals surface area contributed by atoms with E-state index in [2.05, 4.69) is 45.5 Å². The molecule has 1 unspecified atom stereocenters. The standard InChI is InChI=1S/C16H15BrFNS/c17-13-5-6-15(18)11(7-13)8-19-9-12-10-20-16-4-2-1-3-14(12)16/h1-7,12,19H,8-10H2. The van der Waals surface area contributed by atoms with E-state index in [1.165, 1.54) is 16.5 Å². The Morgan fingerprint density at radius 1 is 1.25 bits per heavy atom. The molecule has 2 aromatic carbocycles. The van der Waals surface area contributed by atoms with Crippen LogP contribution in [0.3, 0.4) is 0 Å². The number of halogens is 2. The zero-order chi connectivity index (χ0) is 13.9. The third-order valence-electron chi connectivity index (χ3n) is 3.51. The highest BCUT2D eigenvalue weighted by molar-refractivity contribution is 9.10. The van der Waals surface area contributed by atoms with Crippen molar-refractivity contribution in [3.8, 4) is 0 Å². The van der Waals surface area contributed by atoms with E-state index in [-0.39, 0.29) is 5.82 Å². The van der Waals surface area contributed by atoms with Crippen LogP contribution in [0.4, 0.5) is 4.39 Å². The fourth-order valence-corrected chi connectivity index (χ4v) is 4.12. The fraction of sp³-hybridized carbons (Fsp3) is 0.250. The van der Waals surface area contributed by atoms with E-state index in [1.54, 1.807) is 6.07 Å². The number of thioether (sulfide) groups is 1. The van der Waals surface area contributed by atoms with Crippen LogP contribution in [0.25, 0.3) is 0 Å². The lowest BCUT2D eigenvalue weighted by molar-refractivity contribution is 0.572. The van der Waals surface area contributed by atoms with Gasteiger partial charge in [0.05, 0.1) is 0 Å². The monoisotopic (exact) mass is 351 g/mol. The molecule has 1 atom stereocenters. The number of fused-ring (bicyclic) bond motifs is 1. The summed E-state index contributed by atoms with van der Waals surface area (Å²) < 4.78 is 14.6. The quantitative estimate of drug-likeness (QED) is 0.865. The zero-order valence-corrected chi connectivity index (χ0v) is 13.3. The molecular formula is C16H15BrFNS. The summed E-state index contributed by atoms with van der Waals surface area (Å²) in [7, 11) is 0. The maximum atomic E-state index is 13.6. The summed E-state index contributed by atoms with van der Waals surface area (Å²) in [6, 6.07) is 13.6. The second-order valence-corrected chi connectivity index (χ2v) is 6.89. The highest BCUT2D eigenvalue weighted by atomic mass is 79.9. The van der Waals surface area contributed by atoms with Crippen LogP contribution in [0, 0.1) is 5.82 Å². The highest BCUT2D eigenvalue weighted by Crippen LogP contribution is 2.38. The zero-order valence-electron chi connectivity index (χ0n) is 10.9. The molecule has 0 bridgehead atoms. The van der Waals surface area contributed by atoms with Crippen molar-refractivity contribution in [1.82, 2.24) is 5.32 Å². The Balaban J connectivity index is 1.60. The number of hydrogen-bond donors (Lipinski definition) is 1. The van der Waals surface area contributed by atoms with Crippen molar-refractivity contribution in [3.63, 3.8) is 0 Å². The molecule has 0 saturated heterocycles. The molecule has 0 aromatic heterocycles. The summed E-state index contributed by atoms with van der Waals surface area (Å²) in [6.07, 6.45) is 0. The van der Waals surface area contributed by atoms with Crippen LogP contribution >= 0.6 is 27.7 Å². The molecular weight excluding hydrogens is 337 g/mol. The van der Waals surface area contributed by atoms with E-state index in [9.17, 15) is 4.39 Å². The molecule has 1 aliphatic rings. The summed E-state index contributed by atoms with van der Waals surface area (Å²) in [6.45, 7) is 1.45. The molecule has 3 rings (SSSR count). The Bertz CT molecular complexity index is 617. The second kappa shape index (κ2) is 6.29. The van der Waals surface area contributed by atoms with Crippen LogP contribution in [0.1, 0.15) is 17.0 Å². The minimum atomic E-state index is -0.151. The molecule has 104 valence electrons. The van der Waals surface area contributed by atoms with Gasteiger partial charge >= 0.3 is 0 Å². The van der Waals surface area contributed by atoms with Crippen molar-refractivity contribution < 1.29 is 4.39 Å². The van der Waals surface area contributed by atoms with Crippen LogP contribution < -0.4 is 5.32 Å². The number of nitrogens with one attached hydrogen (secondary N) is 1. The van der Waals surface area contributed by atoms with Crippen LogP contribution in [0.5, 0.6) is 0 Å². The smallest absolute Gasteiger partial charge is 0.127 e. The normalized spacial score (nSPS) is 17.2. The van der Waals surface area contributed by atoms with Gasteiger partial charge in [0.25, 0.3) is 0 Å². The largest absolute Gasteiger partial charge is 0.312 e. The minimum Gasteiger partial charge on any atom is -0.312 e. The van der Waals surface area contributed by atoms with Crippen LogP contribution in [-0.4, -0.2) is 12.3 Å². The predicted octanol–water partition coefficient (Wildman–Crippen LogP) is 4.57. The Kier molecular flexibility index (Phi) is 4.44. The van der Waals surface area contributed by atoms with Gasteiger partial charge in [-0.3, -0.25) is 0 Å². The fourth-order valence-electron chi connectivity index (χ4n) is 2.46. The Morgan fingerprint density at radius 2 is 2.10 bits per heavy atom. The average molecular weight is 352 g/mol. The second-order valence-electron chi connectivity index (χ2n) is 4.91. The van der Waals surface area contributed by atoms with Gasteiger partial charge in [0, 0.05) is 39.7 Å². The van der Waals surface area contributed by atoms with Gasteiger partial charge in [-0.05, 0) is 29.8 Å². The first-order chi connectivity index (χ1) is 9.74. The van der Waals surface area contributed by atoms with Crippen LogP contribution in [0.15, 0.2) is 51.8 Å². The van der Waals surface area contributed by atoms with Gasteiger partial charge in [0.1, 0.15) is 5.82 Å². The molecule has 0 spiro atoms. The van der Waals surface area contributed by atoms with Crippen molar-refractivity contribution in [1.29, 1.82) is 0 Å². The third kappa shape index (κ3) is 3.08. The van der Waals surface area contributed by atoms with Gasteiger partial charge in [-0.1, -0.05) is 34.1 Å². The molecule has 2 aromatic rings. The predicted molar refractivity (Wildman–Crippen MR) is 85.7 cm³/mol. The molecule has 4 heteroatoms. The molecule has 1 heterocycles. The topological polar surface area (TPSA) is 12.0 Å². The number of rotatable bonds is 4. The van der Waals surface area contributed by atoms with E-state index in [0.29, 0.717) is 18.0 Å². The molecule has 0 saturated carbocycles. The lowest BCUT2D eigenvalue weighted by atomic mass is 10.0. The molecule has 20 heavy (non-hydrogen) atoms. The molecule has 0 fully saturated rings. The summed E-state index contributed by atoms with van der Waals surface area (Å²) in [4.78, 5) is 1.38. The molecule has 1 nitrogen and oxygen atoms in total. The van der Waals surface area contributed by atoms with Crippen molar-refractivity contribution in [2.45, 2.75) is 17.4 Å². The van der Waals surface area contributed by atoms with E-state index in [0.717, 1.165) is 16.8 Å². The first-order valence-electron chi connectivity index (χ1n) is 6.60. The molecule has 1 aliphatic heterocycles. The lowest BCUT2D eigenvalue weighted by Crippen LogP contribution is -2.21. The molecule has 0 amide bonds. The van der Waals surface area contributed by atoms with Crippen molar-refractivity contribution in [2.75, 3.05) is 12.3 Å². The Morgan fingerprint density at radius 3 is 3.00 bits per heavy atom. The van der Waals surface area contributed by atoms with Gasteiger partial charge in [-0.15, -0.1) is 11.8 Å². The minimum absolute atomic E-state index is 0.151. The lowest BCUT2D eigenvalue weighted by Gasteiger charge is -2.12. The Hall–Kier alpha value is -0.840. The van der Waals surface area contributed by atoms with E-state index < -0.39 is 0 Å². The van der Waals surface area contributed by atoms with Gasteiger partial charge in [0.2, 0.25) is 0 Å². The van der Waals surface area contributed by atoms with E-state index >= 15 is 0 Å². The molecule has 0 aliphatic carbocycles. The van der Waals surface area contributed by atoms with Crippen LogP contribution in [0.2, 0.25) is 0 Å². The maximum absolute atomic E-state index is 13.6. The summed E-state index contributed by atoms with van der Waals surface area (Å²) in [5, 5.41) is 3.38. The SMILES string of the molecule is Fc1ccc(Br)cc1CNCC1CSc2ccccc21. The summed E-state index contributed by atoms with van der Waals surface area (Å²) in [5.74, 6) is 1.47. The molecule has 0 radical (unpaired) electrons. The van der Waals surface area contributed by atoms with Gasteiger partial charge in [0.15, 0.2) is 0 Å². The van der Waals surface area contributed by atoms with Gasteiger partial charge < -0.3 is 5.32 Å². The first-order valence-corrected chi connectivity index (χ1v) is 8.38. The number of benzene rings is 2. The third-order valence-corrected chi connectivity index (χ3v) is 5.26. The maximum Gasteiger partial charge on any atom is 0.127 e. The first kappa shape index (κ1) is 14.1. The summed E-state index contributed by atoms with van der Waals surface area (Å²) in [5.41, 5.74) is 2.12. The van der Waals surface area contributed by atoms with E-state index in [4.69, 9.17) is 0 Å². The van der Waals surface area contributed by atoms with Crippen molar-refractivity contribution in [2.24, 2.45) is 0 Å². The van der Waals surface area contributed by atoms with Crippen molar-refractivity contribution >= 4 is 27.7 Å². The van der Waals surface area contributed by atoms with Gasteiger partial charge in [-0.2, -0.15) is 0 Å². The van der Waals surface area contributed by atoms with Crippen LogP contribution in [-0.2, 0) is 6.54 Å².